The fourth-order valence-corrected chi connectivity index (χ4v) is 3.58. The number of hydrazine groups is 1. The molecule has 3 aliphatic rings. The first kappa shape index (κ1) is 17.3. The van der Waals surface area contributed by atoms with Gasteiger partial charge in [0.25, 0.3) is 5.91 Å². The van der Waals surface area contributed by atoms with Crippen LogP contribution in [0.5, 0.6) is 0 Å². The molecule has 0 saturated carbocycles. The van der Waals surface area contributed by atoms with Gasteiger partial charge in [-0.25, -0.2) is 5.01 Å². The maximum absolute atomic E-state index is 12.8. The molecule has 3 aliphatic heterocycles. The van der Waals surface area contributed by atoms with Gasteiger partial charge < -0.3 is 14.4 Å². The van der Waals surface area contributed by atoms with Crippen molar-refractivity contribution in [2.75, 3.05) is 31.3 Å². The lowest BCUT2D eigenvalue weighted by molar-refractivity contribution is -0.186. The summed E-state index contributed by atoms with van der Waals surface area (Å²) < 4.78 is 11.4. The maximum Gasteiger partial charge on any atom is 0.271 e. The summed E-state index contributed by atoms with van der Waals surface area (Å²) in [4.78, 5) is 26.8. The van der Waals surface area contributed by atoms with Gasteiger partial charge in [0.05, 0.1) is 18.9 Å². The zero-order valence-electron chi connectivity index (χ0n) is 14.2. The van der Waals surface area contributed by atoms with Crippen molar-refractivity contribution in [3.05, 3.63) is 41.1 Å². The fraction of sp³-hybridized carbons (Fsp3) is 0.444. The number of benzene rings is 1. The Hall–Kier alpha value is -2.09. The zero-order valence-corrected chi connectivity index (χ0v) is 15.0. The monoisotopic (exact) mass is 377 g/mol. The standard InChI is InChI=1S/C18H20ClN3O4/c19-13-1-3-14(4-2-13)22-16(23)6-5-15(20-22)17(24)21-9-7-18(8-10-21)25-11-12-26-18/h1-5,20H,6-12H2. The Morgan fingerprint density at radius 2 is 1.77 bits per heavy atom. The summed E-state index contributed by atoms with van der Waals surface area (Å²) in [6, 6.07) is 6.88. The maximum atomic E-state index is 12.8. The molecule has 1 spiro atoms. The van der Waals surface area contributed by atoms with E-state index in [0.717, 1.165) is 0 Å². The van der Waals surface area contributed by atoms with Gasteiger partial charge in [-0.3, -0.25) is 15.0 Å². The van der Waals surface area contributed by atoms with Gasteiger partial charge in [0.2, 0.25) is 5.91 Å². The molecule has 0 aliphatic carbocycles. The van der Waals surface area contributed by atoms with Gasteiger partial charge in [-0.15, -0.1) is 0 Å². The van der Waals surface area contributed by atoms with Crippen molar-refractivity contribution >= 4 is 29.1 Å². The van der Waals surface area contributed by atoms with Crippen molar-refractivity contribution in [1.29, 1.82) is 0 Å². The minimum Gasteiger partial charge on any atom is -0.347 e. The van der Waals surface area contributed by atoms with E-state index in [1.165, 1.54) is 5.01 Å². The molecular weight excluding hydrogens is 358 g/mol. The number of piperidine rings is 1. The minimum absolute atomic E-state index is 0.121. The van der Waals surface area contributed by atoms with Gasteiger partial charge in [0.15, 0.2) is 5.79 Å². The molecule has 1 aromatic carbocycles. The number of rotatable bonds is 2. The lowest BCUT2D eigenvalue weighted by Gasteiger charge is -2.38. The number of carbonyl (C=O) groups excluding carboxylic acids is 2. The Morgan fingerprint density at radius 3 is 2.42 bits per heavy atom. The molecule has 138 valence electrons. The van der Waals surface area contributed by atoms with Crippen molar-refractivity contribution in [1.82, 2.24) is 10.3 Å². The second-order valence-corrected chi connectivity index (χ2v) is 6.98. The van der Waals surface area contributed by atoms with Crippen LogP contribution >= 0.6 is 11.6 Å². The molecule has 0 bridgehead atoms. The van der Waals surface area contributed by atoms with E-state index in [1.807, 2.05) is 0 Å². The number of ether oxygens (including phenoxy) is 2. The van der Waals surface area contributed by atoms with Crippen LogP contribution in [0, 0.1) is 0 Å². The number of nitrogens with zero attached hydrogens (tertiary/aromatic N) is 2. The molecule has 0 radical (unpaired) electrons. The number of halogens is 1. The average molecular weight is 378 g/mol. The molecule has 1 N–H and O–H groups in total. The molecule has 4 rings (SSSR count). The summed E-state index contributed by atoms with van der Waals surface area (Å²) in [7, 11) is 0. The van der Waals surface area contributed by atoms with Crippen molar-refractivity contribution in [2.45, 2.75) is 25.0 Å². The number of likely N-dealkylation sites (tertiary alicyclic amines) is 1. The molecule has 3 heterocycles. The van der Waals surface area contributed by atoms with Crippen LogP contribution in [0.1, 0.15) is 19.3 Å². The van der Waals surface area contributed by atoms with Crippen LogP contribution in [-0.4, -0.2) is 48.8 Å². The van der Waals surface area contributed by atoms with Crippen LogP contribution in [0.3, 0.4) is 0 Å². The third-order valence-corrected chi connectivity index (χ3v) is 5.16. The average Bonchev–Trinajstić information content (AvgIpc) is 3.11. The predicted octanol–water partition coefficient (Wildman–Crippen LogP) is 1.83. The van der Waals surface area contributed by atoms with E-state index in [1.54, 1.807) is 35.2 Å². The van der Waals surface area contributed by atoms with Crippen LogP contribution in [0.2, 0.25) is 5.02 Å². The smallest absolute Gasteiger partial charge is 0.271 e. The first-order valence-corrected chi connectivity index (χ1v) is 9.07. The molecule has 0 aromatic heterocycles. The molecule has 7 nitrogen and oxygen atoms in total. The highest BCUT2D eigenvalue weighted by Gasteiger charge is 2.41. The number of hydrogen-bond donors (Lipinski definition) is 1. The van der Waals surface area contributed by atoms with Crippen LogP contribution in [-0.2, 0) is 19.1 Å². The number of hydrogen-bond acceptors (Lipinski definition) is 5. The van der Waals surface area contributed by atoms with Crippen LogP contribution in [0.25, 0.3) is 0 Å². The largest absolute Gasteiger partial charge is 0.347 e. The number of carbonyl (C=O) groups is 2. The number of nitrogens with one attached hydrogen (secondary N) is 1. The van der Waals surface area contributed by atoms with Gasteiger partial charge in [-0.1, -0.05) is 11.6 Å². The fourth-order valence-electron chi connectivity index (χ4n) is 3.45. The summed E-state index contributed by atoms with van der Waals surface area (Å²) in [5, 5.41) is 1.97. The van der Waals surface area contributed by atoms with E-state index >= 15 is 0 Å². The first-order valence-electron chi connectivity index (χ1n) is 8.69. The molecule has 2 fully saturated rings. The van der Waals surface area contributed by atoms with Gasteiger partial charge in [-0.05, 0) is 30.3 Å². The van der Waals surface area contributed by atoms with Crippen LogP contribution in [0.15, 0.2) is 36.0 Å². The van der Waals surface area contributed by atoms with E-state index in [9.17, 15) is 9.59 Å². The third kappa shape index (κ3) is 3.30. The molecule has 1 aromatic rings. The lowest BCUT2D eigenvalue weighted by Crippen LogP contribution is -2.52. The van der Waals surface area contributed by atoms with Crippen molar-refractivity contribution < 1.29 is 19.1 Å². The van der Waals surface area contributed by atoms with Crippen LogP contribution in [0.4, 0.5) is 5.69 Å². The molecule has 0 atom stereocenters. The Bertz CT molecular complexity index is 733. The highest BCUT2D eigenvalue weighted by atomic mass is 35.5. The Morgan fingerprint density at radius 1 is 1.12 bits per heavy atom. The Labute approximate surface area is 156 Å². The van der Waals surface area contributed by atoms with Gasteiger partial charge >= 0.3 is 0 Å². The summed E-state index contributed by atoms with van der Waals surface area (Å²) in [5.41, 5.74) is 3.99. The molecule has 2 saturated heterocycles. The van der Waals surface area contributed by atoms with E-state index in [2.05, 4.69) is 5.43 Å². The lowest BCUT2D eigenvalue weighted by atomic mass is 10.0. The van der Waals surface area contributed by atoms with Crippen molar-refractivity contribution in [3.63, 3.8) is 0 Å². The van der Waals surface area contributed by atoms with Gasteiger partial charge in [-0.2, -0.15) is 0 Å². The van der Waals surface area contributed by atoms with Crippen LogP contribution < -0.4 is 10.4 Å². The summed E-state index contributed by atoms with van der Waals surface area (Å²) >= 11 is 5.90. The highest BCUT2D eigenvalue weighted by Crippen LogP contribution is 2.31. The Balaban J connectivity index is 1.43. The molecular formula is C18H20ClN3O4. The molecule has 2 amide bonds. The Kier molecular flexibility index (Phi) is 4.60. The van der Waals surface area contributed by atoms with E-state index in [-0.39, 0.29) is 18.2 Å². The SMILES string of the molecule is O=C(C1=CCC(=O)N(c2ccc(Cl)cc2)N1)N1CCC2(CC1)OCCO2. The summed E-state index contributed by atoms with van der Waals surface area (Å²) in [6.07, 6.45) is 3.13. The predicted molar refractivity (Wildman–Crippen MR) is 95.2 cm³/mol. The van der Waals surface area contributed by atoms with Gasteiger partial charge in [0.1, 0.15) is 5.70 Å². The quantitative estimate of drug-likeness (QED) is 0.851. The first-order chi connectivity index (χ1) is 12.6. The van der Waals surface area contributed by atoms with Crippen molar-refractivity contribution in [3.8, 4) is 0 Å². The topological polar surface area (TPSA) is 71.1 Å². The summed E-state index contributed by atoms with van der Waals surface area (Å²) in [5.74, 6) is -0.769. The number of anilines is 1. The zero-order chi connectivity index (χ0) is 18.1. The third-order valence-electron chi connectivity index (χ3n) is 4.90. The normalized spacial score (nSPS) is 22.3. The number of amides is 2. The second-order valence-electron chi connectivity index (χ2n) is 6.54. The van der Waals surface area contributed by atoms with Gasteiger partial charge in [0, 0.05) is 37.4 Å². The summed E-state index contributed by atoms with van der Waals surface area (Å²) in [6.45, 7) is 2.34. The minimum atomic E-state index is -0.517. The molecule has 8 heteroatoms. The second kappa shape index (κ2) is 6.90. The van der Waals surface area contributed by atoms with E-state index in [4.69, 9.17) is 21.1 Å². The molecule has 26 heavy (non-hydrogen) atoms. The highest BCUT2D eigenvalue weighted by molar-refractivity contribution is 6.30. The van der Waals surface area contributed by atoms with Crippen molar-refractivity contribution in [2.24, 2.45) is 0 Å². The molecule has 0 unspecified atom stereocenters. The van der Waals surface area contributed by atoms with E-state index < -0.39 is 5.79 Å². The van der Waals surface area contributed by atoms with E-state index in [0.29, 0.717) is 55.6 Å².